The number of benzene rings is 1. The fourth-order valence-corrected chi connectivity index (χ4v) is 4.54. The van der Waals surface area contributed by atoms with Crippen LogP contribution in [-0.4, -0.2) is 30.1 Å². The van der Waals surface area contributed by atoms with Crippen LogP contribution in [0.2, 0.25) is 0 Å². The van der Waals surface area contributed by atoms with Crippen molar-refractivity contribution >= 4 is 28.9 Å². The van der Waals surface area contributed by atoms with Crippen LogP contribution in [-0.2, 0) is 4.79 Å². The van der Waals surface area contributed by atoms with Gasteiger partial charge in [0.25, 0.3) is 11.8 Å². The third kappa shape index (κ3) is 7.28. The van der Waals surface area contributed by atoms with Crippen molar-refractivity contribution in [3.05, 3.63) is 72.0 Å². The van der Waals surface area contributed by atoms with Crippen molar-refractivity contribution < 1.29 is 9.59 Å². The van der Waals surface area contributed by atoms with E-state index in [9.17, 15) is 9.59 Å². The summed E-state index contributed by atoms with van der Waals surface area (Å²) in [6.45, 7) is 10.5. The average molecular weight is 475 g/mol. The lowest BCUT2D eigenvalue weighted by Gasteiger charge is -2.19. The molecule has 1 aromatic carbocycles. The van der Waals surface area contributed by atoms with E-state index >= 15 is 0 Å². The number of aliphatic imine (C=N–C) groups is 1. The van der Waals surface area contributed by atoms with E-state index in [1.807, 2.05) is 44.2 Å². The van der Waals surface area contributed by atoms with Gasteiger partial charge < -0.3 is 16.0 Å². The van der Waals surface area contributed by atoms with E-state index in [1.54, 1.807) is 0 Å². The number of hydrogen-bond acceptors (Lipinski definition) is 4. The highest BCUT2D eigenvalue weighted by atomic mass is 16.2. The maximum Gasteiger partial charge on any atom is 0.251 e. The van der Waals surface area contributed by atoms with Crippen LogP contribution in [0.3, 0.4) is 0 Å². The van der Waals surface area contributed by atoms with Gasteiger partial charge in [-0.3, -0.25) is 9.59 Å². The van der Waals surface area contributed by atoms with Crippen LogP contribution in [0.15, 0.2) is 71.4 Å². The van der Waals surface area contributed by atoms with Crippen LogP contribution in [0.1, 0.15) is 75.6 Å². The van der Waals surface area contributed by atoms with Crippen molar-refractivity contribution in [3.63, 3.8) is 0 Å². The van der Waals surface area contributed by atoms with Gasteiger partial charge in [-0.05, 0) is 82.2 Å². The number of rotatable bonds is 6. The Morgan fingerprint density at radius 2 is 1.83 bits per heavy atom. The van der Waals surface area contributed by atoms with Crippen molar-refractivity contribution in [3.8, 4) is 0 Å². The van der Waals surface area contributed by atoms with Gasteiger partial charge in [-0.15, -0.1) is 13.2 Å². The van der Waals surface area contributed by atoms with Gasteiger partial charge in [-0.1, -0.05) is 25.0 Å². The third-order valence-corrected chi connectivity index (χ3v) is 6.58. The second-order valence-corrected chi connectivity index (χ2v) is 9.23. The molecule has 3 aliphatic rings. The van der Waals surface area contributed by atoms with Crippen LogP contribution in [0.5, 0.6) is 0 Å². The minimum Gasteiger partial charge on any atom is -0.378 e. The van der Waals surface area contributed by atoms with Crippen LogP contribution in [0, 0.1) is 0 Å². The molecule has 0 bridgehead atoms. The first-order chi connectivity index (χ1) is 17.0. The van der Waals surface area contributed by atoms with Gasteiger partial charge >= 0.3 is 0 Å². The van der Waals surface area contributed by atoms with Crippen LogP contribution in [0.4, 0.5) is 11.4 Å². The summed E-state index contributed by atoms with van der Waals surface area (Å²) in [6, 6.07) is 5.94. The first-order valence-electron chi connectivity index (χ1n) is 12.6. The lowest BCUT2D eigenvalue weighted by Crippen LogP contribution is -2.32. The highest BCUT2D eigenvalue weighted by Gasteiger charge is 2.20. The fourth-order valence-electron chi connectivity index (χ4n) is 4.54. The standard InChI is InChI=1S/C27H34N4O2.C2H4/c1-18(12-13-19(2)29-26(32)20-8-4-3-5-9-20)25-17-28-23-15-14-21(16-24(23)31-25)27(33)30-22-10-6-7-11-22;1-2/h8,12-16,22,28H,3-7,9-11,17H2,1-2H3,(H,29,32)(H,30,33);1-2H2/b18-12+,19-13+;. The van der Waals surface area contributed by atoms with Crippen molar-refractivity contribution in [2.24, 2.45) is 4.99 Å². The van der Waals surface area contributed by atoms with Crippen molar-refractivity contribution in [2.45, 2.75) is 71.3 Å². The molecule has 0 spiro atoms. The summed E-state index contributed by atoms with van der Waals surface area (Å²) < 4.78 is 0. The summed E-state index contributed by atoms with van der Waals surface area (Å²) in [7, 11) is 0. The zero-order valence-corrected chi connectivity index (χ0v) is 21.1. The molecule has 4 rings (SSSR count). The largest absolute Gasteiger partial charge is 0.378 e. The number of fused-ring (bicyclic) bond motifs is 1. The van der Waals surface area contributed by atoms with Crippen molar-refractivity contribution in [1.29, 1.82) is 0 Å². The van der Waals surface area contributed by atoms with E-state index in [1.165, 1.54) is 19.3 Å². The molecule has 1 aromatic rings. The summed E-state index contributed by atoms with van der Waals surface area (Å²) in [5, 5.41) is 9.52. The molecule has 1 fully saturated rings. The lowest BCUT2D eigenvalue weighted by molar-refractivity contribution is -0.117. The molecule has 0 radical (unpaired) electrons. The molecule has 6 nitrogen and oxygen atoms in total. The number of amides is 2. The van der Waals surface area contributed by atoms with Gasteiger partial charge in [-0.25, -0.2) is 4.99 Å². The maximum atomic E-state index is 12.6. The molecule has 0 unspecified atom stereocenters. The highest BCUT2D eigenvalue weighted by Crippen LogP contribution is 2.30. The Kier molecular flexibility index (Phi) is 9.65. The van der Waals surface area contributed by atoms with Gasteiger partial charge in [-0.2, -0.15) is 0 Å². The molecule has 6 heteroatoms. The number of allylic oxidation sites excluding steroid dienone is 4. The molecule has 1 saturated carbocycles. The number of anilines is 1. The molecule has 186 valence electrons. The summed E-state index contributed by atoms with van der Waals surface area (Å²) in [6.07, 6.45) is 14.5. The number of hydrogen-bond donors (Lipinski definition) is 3. The normalized spacial score (nSPS) is 18.2. The van der Waals surface area contributed by atoms with E-state index in [-0.39, 0.29) is 11.8 Å². The zero-order chi connectivity index (χ0) is 25.2. The van der Waals surface area contributed by atoms with Crippen molar-refractivity contribution in [2.75, 3.05) is 11.9 Å². The third-order valence-electron chi connectivity index (χ3n) is 6.58. The number of nitrogens with one attached hydrogen (secondary N) is 3. The quantitative estimate of drug-likeness (QED) is 0.343. The molecule has 1 heterocycles. The van der Waals surface area contributed by atoms with E-state index < -0.39 is 0 Å². The molecule has 2 amide bonds. The van der Waals surface area contributed by atoms with E-state index in [0.29, 0.717) is 18.2 Å². The van der Waals surface area contributed by atoms with Gasteiger partial charge in [0.05, 0.1) is 23.6 Å². The molecule has 2 aliphatic carbocycles. The summed E-state index contributed by atoms with van der Waals surface area (Å²) >= 11 is 0. The molecular formula is C29H38N4O2. The van der Waals surface area contributed by atoms with Crippen LogP contribution in [0.25, 0.3) is 0 Å². The maximum absolute atomic E-state index is 12.6. The van der Waals surface area contributed by atoms with E-state index in [4.69, 9.17) is 4.99 Å². The Bertz CT molecular complexity index is 1060. The predicted octanol–water partition coefficient (Wildman–Crippen LogP) is 6.13. The second kappa shape index (κ2) is 12.9. The Labute approximate surface area is 209 Å². The fraction of sp³-hybridized carbons (Fsp3) is 0.414. The van der Waals surface area contributed by atoms with Gasteiger partial charge in [0.15, 0.2) is 0 Å². The van der Waals surface area contributed by atoms with E-state index in [0.717, 1.165) is 66.0 Å². The topological polar surface area (TPSA) is 82.6 Å². The zero-order valence-electron chi connectivity index (χ0n) is 21.1. The Balaban J connectivity index is 0.00000167. The summed E-state index contributed by atoms with van der Waals surface area (Å²) in [5.74, 6) is -0.0230. The molecule has 1 aliphatic heterocycles. The average Bonchev–Trinajstić information content (AvgIpc) is 3.41. The summed E-state index contributed by atoms with van der Waals surface area (Å²) in [4.78, 5) is 29.8. The molecule has 0 aromatic heterocycles. The SMILES string of the molecule is C/C(=C\C=C(/C)C1=Nc2cc(C(=O)NC3CCCC3)ccc2NC1)NC(=O)C1=CCCCC1.C=C. The summed E-state index contributed by atoms with van der Waals surface area (Å²) in [5.41, 5.74) is 5.98. The monoisotopic (exact) mass is 474 g/mol. The molecule has 0 saturated heterocycles. The Hall–Kier alpha value is -3.41. The first-order valence-corrected chi connectivity index (χ1v) is 12.6. The molecular weight excluding hydrogens is 436 g/mol. The minimum atomic E-state index is -0.0262. The van der Waals surface area contributed by atoms with Crippen LogP contribution < -0.4 is 16.0 Å². The number of nitrogens with zero attached hydrogens (tertiary/aromatic N) is 1. The lowest BCUT2D eigenvalue weighted by atomic mass is 9.99. The Morgan fingerprint density at radius 3 is 2.54 bits per heavy atom. The number of carbonyl (C=O) groups is 2. The van der Waals surface area contributed by atoms with Gasteiger partial charge in [0.2, 0.25) is 0 Å². The van der Waals surface area contributed by atoms with Crippen LogP contribution >= 0.6 is 0 Å². The molecule has 35 heavy (non-hydrogen) atoms. The Morgan fingerprint density at radius 1 is 1.06 bits per heavy atom. The second-order valence-electron chi connectivity index (χ2n) is 9.23. The first kappa shape index (κ1) is 26.2. The van der Waals surface area contributed by atoms with E-state index in [2.05, 4.69) is 35.2 Å². The predicted molar refractivity (Wildman–Crippen MR) is 145 cm³/mol. The molecule has 3 N–H and O–H groups in total. The minimum absolute atomic E-state index is 0.00325. The van der Waals surface area contributed by atoms with Gasteiger partial charge in [0, 0.05) is 22.9 Å². The molecule has 0 atom stereocenters. The van der Waals surface area contributed by atoms with Crippen molar-refractivity contribution in [1.82, 2.24) is 10.6 Å². The van der Waals surface area contributed by atoms with Gasteiger partial charge in [0.1, 0.15) is 0 Å². The highest BCUT2D eigenvalue weighted by molar-refractivity contribution is 6.07. The smallest absolute Gasteiger partial charge is 0.251 e. The number of carbonyl (C=O) groups excluding carboxylic acids is 2.